The van der Waals surface area contributed by atoms with Crippen LogP contribution in [-0.4, -0.2) is 26.2 Å². The van der Waals surface area contributed by atoms with E-state index in [0.717, 1.165) is 12.0 Å². The van der Waals surface area contributed by atoms with E-state index in [2.05, 4.69) is 25.1 Å². The first-order valence-corrected chi connectivity index (χ1v) is 8.22. The Balaban J connectivity index is 2.15. The number of hydrogen-bond acceptors (Lipinski definition) is 4. The zero-order valence-corrected chi connectivity index (χ0v) is 14.2. The fraction of sp³-hybridized carbons (Fsp3) is 0.400. The Hall–Kier alpha value is -2.36. The van der Waals surface area contributed by atoms with E-state index >= 15 is 0 Å². The molecule has 0 saturated carbocycles. The molecule has 0 aliphatic heterocycles. The molecule has 0 fully saturated rings. The minimum atomic E-state index is -0.331. The smallest absolute Gasteiger partial charge is 0.309 e. The average molecular weight is 326 g/mol. The highest BCUT2D eigenvalue weighted by Crippen LogP contribution is 2.44. The molecule has 3 rings (SSSR count). The number of methoxy groups -OCH3 is 2. The van der Waals surface area contributed by atoms with Gasteiger partial charge in [-0.3, -0.25) is 9.59 Å². The lowest BCUT2D eigenvalue weighted by atomic mass is 9.67. The second kappa shape index (κ2) is 6.63. The van der Waals surface area contributed by atoms with E-state index in [1.54, 1.807) is 0 Å². The van der Waals surface area contributed by atoms with Crippen molar-refractivity contribution >= 4 is 22.7 Å². The number of benzene rings is 2. The number of hydrogen-bond donors (Lipinski definition) is 0. The first-order chi connectivity index (χ1) is 11.6. The predicted octanol–water partition coefficient (Wildman–Crippen LogP) is 3.47. The summed E-state index contributed by atoms with van der Waals surface area (Å²) in [5.41, 5.74) is 2.29. The molecule has 0 spiro atoms. The third kappa shape index (κ3) is 2.77. The van der Waals surface area contributed by atoms with Crippen LogP contribution in [0.2, 0.25) is 0 Å². The topological polar surface area (TPSA) is 52.6 Å². The van der Waals surface area contributed by atoms with E-state index in [4.69, 9.17) is 9.47 Å². The lowest BCUT2D eigenvalue weighted by Gasteiger charge is -2.36. The van der Waals surface area contributed by atoms with E-state index in [9.17, 15) is 9.59 Å². The summed E-state index contributed by atoms with van der Waals surface area (Å²) < 4.78 is 9.88. The van der Waals surface area contributed by atoms with Gasteiger partial charge in [-0.15, -0.1) is 0 Å². The van der Waals surface area contributed by atoms with Crippen LogP contribution in [0.1, 0.15) is 30.4 Å². The number of ether oxygens (including phenoxy) is 2. The van der Waals surface area contributed by atoms with Gasteiger partial charge >= 0.3 is 11.9 Å². The molecule has 1 aliphatic carbocycles. The fourth-order valence-corrected chi connectivity index (χ4v) is 4.00. The normalized spacial score (nSPS) is 22.7. The highest BCUT2D eigenvalue weighted by molar-refractivity contribution is 5.88. The average Bonchev–Trinajstić information content (AvgIpc) is 2.60. The maximum absolute atomic E-state index is 12.4. The predicted molar refractivity (Wildman–Crippen MR) is 91.7 cm³/mol. The molecule has 0 heterocycles. The Kier molecular flexibility index (Phi) is 4.56. The molecule has 0 N–H and O–H groups in total. The molecule has 3 atom stereocenters. The number of esters is 2. The molecule has 1 aliphatic rings. The molecule has 4 nitrogen and oxygen atoms in total. The van der Waals surface area contributed by atoms with Gasteiger partial charge in [-0.1, -0.05) is 43.3 Å². The summed E-state index contributed by atoms with van der Waals surface area (Å²) in [6.45, 7) is 2.05. The molecule has 24 heavy (non-hydrogen) atoms. The quantitative estimate of drug-likeness (QED) is 0.811. The Morgan fingerprint density at radius 2 is 1.83 bits per heavy atom. The number of rotatable bonds is 3. The molecule has 0 aromatic heterocycles. The van der Waals surface area contributed by atoms with Gasteiger partial charge in [0.05, 0.1) is 26.6 Å². The van der Waals surface area contributed by atoms with Crippen molar-refractivity contribution in [2.45, 2.75) is 25.7 Å². The van der Waals surface area contributed by atoms with Crippen molar-refractivity contribution in [1.82, 2.24) is 0 Å². The van der Waals surface area contributed by atoms with Crippen LogP contribution in [0.25, 0.3) is 10.8 Å². The molecule has 0 saturated heterocycles. The third-order valence-corrected chi connectivity index (χ3v) is 5.14. The number of carbonyl (C=O) groups excluding carboxylic acids is 2. The molecular formula is C20H22O4. The van der Waals surface area contributed by atoms with Gasteiger partial charge in [0.2, 0.25) is 0 Å². The van der Waals surface area contributed by atoms with Crippen molar-refractivity contribution in [2.24, 2.45) is 11.8 Å². The van der Waals surface area contributed by atoms with Gasteiger partial charge in [0.1, 0.15) is 0 Å². The monoisotopic (exact) mass is 326 g/mol. The van der Waals surface area contributed by atoms with Crippen molar-refractivity contribution in [2.75, 3.05) is 14.2 Å². The Morgan fingerprint density at radius 3 is 2.54 bits per heavy atom. The summed E-state index contributed by atoms with van der Waals surface area (Å²) in [6, 6.07) is 12.3. The van der Waals surface area contributed by atoms with E-state index in [1.807, 2.05) is 18.2 Å². The molecular weight excluding hydrogens is 304 g/mol. The van der Waals surface area contributed by atoms with E-state index in [0.29, 0.717) is 0 Å². The molecule has 0 radical (unpaired) electrons. The maximum Gasteiger partial charge on any atom is 0.309 e. The van der Waals surface area contributed by atoms with Crippen LogP contribution in [0.3, 0.4) is 0 Å². The summed E-state index contributed by atoms with van der Waals surface area (Å²) in [4.78, 5) is 24.3. The summed E-state index contributed by atoms with van der Waals surface area (Å²) in [7, 11) is 2.78. The zero-order chi connectivity index (χ0) is 17.3. The molecule has 0 bridgehead atoms. The van der Waals surface area contributed by atoms with Crippen molar-refractivity contribution in [3.05, 3.63) is 47.5 Å². The van der Waals surface area contributed by atoms with Gasteiger partial charge < -0.3 is 9.47 Å². The van der Waals surface area contributed by atoms with Crippen LogP contribution in [-0.2, 0) is 25.5 Å². The molecule has 0 unspecified atom stereocenters. The van der Waals surface area contributed by atoms with E-state index in [-0.39, 0.29) is 36.1 Å². The van der Waals surface area contributed by atoms with Crippen LogP contribution in [0.5, 0.6) is 0 Å². The molecule has 2 aromatic rings. The van der Waals surface area contributed by atoms with Gasteiger partial charge in [0.25, 0.3) is 0 Å². The number of carbonyl (C=O) groups is 2. The van der Waals surface area contributed by atoms with Gasteiger partial charge in [-0.05, 0) is 34.2 Å². The summed E-state index contributed by atoms with van der Waals surface area (Å²) in [5, 5.41) is 2.37. The Morgan fingerprint density at radius 1 is 1.08 bits per heavy atom. The minimum Gasteiger partial charge on any atom is -0.469 e. The van der Waals surface area contributed by atoms with Crippen molar-refractivity contribution in [3.8, 4) is 0 Å². The van der Waals surface area contributed by atoms with Crippen molar-refractivity contribution in [1.29, 1.82) is 0 Å². The molecule has 0 amide bonds. The van der Waals surface area contributed by atoms with Gasteiger partial charge in [-0.25, -0.2) is 0 Å². The highest BCUT2D eigenvalue weighted by Gasteiger charge is 2.41. The van der Waals surface area contributed by atoms with Crippen molar-refractivity contribution in [3.63, 3.8) is 0 Å². The summed E-state index contributed by atoms with van der Waals surface area (Å²) in [6.07, 6.45) is 0.986. The largest absolute Gasteiger partial charge is 0.469 e. The van der Waals surface area contributed by atoms with Crippen LogP contribution in [0.15, 0.2) is 36.4 Å². The van der Waals surface area contributed by atoms with Crippen LogP contribution < -0.4 is 0 Å². The van der Waals surface area contributed by atoms with E-state index in [1.165, 1.54) is 30.6 Å². The SMILES string of the molecule is COC(=O)C[C@@H]1c2ccc3ccccc3c2C[C@@H](C)[C@H]1C(=O)OC. The molecule has 126 valence electrons. The fourth-order valence-electron chi connectivity index (χ4n) is 4.00. The lowest BCUT2D eigenvalue weighted by Crippen LogP contribution is -2.36. The standard InChI is InChI=1S/C20H22O4/c1-12-10-16-14-7-5-4-6-13(14)8-9-15(16)17(11-18(21)23-2)19(12)20(22)24-3/h4-9,12,17,19H,10-11H2,1-3H3/t12-,17-,19-/m1/s1. The number of fused-ring (bicyclic) bond motifs is 3. The highest BCUT2D eigenvalue weighted by atomic mass is 16.5. The second-order valence-electron chi connectivity index (χ2n) is 6.47. The summed E-state index contributed by atoms with van der Waals surface area (Å²) >= 11 is 0. The van der Waals surface area contributed by atoms with Crippen LogP contribution in [0.4, 0.5) is 0 Å². The first kappa shape index (κ1) is 16.5. The van der Waals surface area contributed by atoms with Gasteiger partial charge in [0.15, 0.2) is 0 Å². The Labute approximate surface area is 141 Å². The third-order valence-electron chi connectivity index (χ3n) is 5.14. The molecule has 2 aromatic carbocycles. The van der Waals surface area contributed by atoms with E-state index < -0.39 is 0 Å². The van der Waals surface area contributed by atoms with Crippen LogP contribution in [0, 0.1) is 11.8 Å². The summed E-state index contributed by atoms with van der Waals surface area (Å²) in [5.74, 6) is -1.00. The van der Waals surface area contributed by atoms with Gasteiger partial charge in [-0.2, -0.15) is 0 Å². The molecule has 4 heteroatoms. The second-order valence-corrected chi connectivity index (χ2v) is 6.47. The van der Waals surface area contributed by atoms with Crippen molar-refractivity contribution < 1.29 is 19.1 Å². The zero-order valence-electron chi connectivity index (χ0n) is 14.2. The first-order valence-electron chi connectivity index (χ1n) is 8.22. The lowest BCUT2D eigenvalue weighted by molar-refractivity contribution is -0.150. The maximum atomic E-state index is 12.4. The Bertz CT molecular complexity index is 780. The van der Waals surface area contributed by atoms with Gasteiger partial charge in [0, 0.05) is 5.92 Å². The van der Waals surface area contributed by atoms with Crippen LogP contribution >= 0.6 is 0 Å². The minimum absolute atomic E-state index is 0.102.